The average Bonchev–Trinajstić information content (AvgIpc) is 2.63. The Bertz CT molecular complexity index is 635. The summed E-state index contributed by atoms with van der Waals surface area (Å²) in [5.74, 6) is -0.226. The Morgan fingerprint density at radius 3 is 2.38 bits per heavy atom. The molecule has 1 saturated heterocycles. The van der Waals surface area contributed by atoms with Gasteiger partial charge in [0.15, 0.2) is 0 Å². The van der Waals surface area contributed by atoms with E-state index in [0.29, 0.717) is 31.7 Å². The number of amides is 2. The second-order valence-corrected chi connectivity index (χ2v) is 7.10. The van der Waals surface area contributed by atoms with Crippen LogP contribution < -0.4 is 5.73 Å². The van der Waals surface area contributed by atoms with Gasteiger partial charge in [0.2, 0.25) is 11.8 Å². The van der Waals surface area contributed by atoms with Gasteiger partial charge >= 0.3 is 0 Å². The number of hydrogen-bond donors (Lipinski definition) is 1. The maximum absolute atomic E-state index is 13.7. The highest BCUT2D eigenvalue weighted by Gasteiger charge is 2.31. The third-order valence-corrected chi connectivity index (χ3v) is 5.31. The lowest BCUT2D eigenvalue weighted by Crippen LogP contribution is -2.53. The van der Waals surface area contributed by atoms with Gasteiger partial charge in [-0.2, -0.15) is 0 Å². The number of rotatable bonds is 3. The quantitative estimate of drug-likeness (QED) is 0.867. The number of benzene rings is 1. The molecule has 2 N–H and O–H groups in total. The van der Waals surface area contributed by atoms with Crippen molar-refractivity contribution in [2.75, 3.05) is 26.2 Å². The van der Waals surface area contributed by atoms with Crippen LogP contribution in [0.5, 0.6) is 0 Å². The molecule has 0 radical (unpaired) electrons. The van der Waals surface area contributed by atoms with Crippen molar-refractivity contribution < 1.29 is 14.0 Å². The predicted molar refractivity (Wildman–Crippen MR) is 100 cm³/mol. The molecule has 2 unspecified atom stereocenters. The lowest BCUT2D eigenvalue weighted by molar-refractivity contribution is -0.142. The SMILES string of the molecule is Cl.NC1CCCC(C(=O)N2CCN(C(=O)Cc3ccccc3F)CC2)C1. The Morgan fingerprint density at radius 1 is 1.08 bits per heavy atom. The molecule has 2 atom stereocenters. The molecule has 3 rings (SSSR count). The smallest absolute Gasteiger partial charge is 0.227 e. The summed E-state index contributed by atoms with van der Waals surface area (Å²) in [4.78, 5) is 28.6. The predicted octanol–water partition coefficient (Wildman–Crippen LogP) is 1.98. The maximum atomic E-state index is 13.7. The van der Waals surface area contributed by atoms with Gasteiger partial charge in [-0.05, 0) is 30.9 Å². The van der Waals surface area contributed by atoms with Crippen molar-refractivity contribution in [3.05, 3.63) is 35.6 Å². The van der Waals surface area contributed by atoms with E-state index in [1.807, 2.05) is 4.90 Å². The third kappa shape index (κ3) is 4.95. The van der Waals surface area contributed by atoms with Crippen LogP contribution in [0.1, 0.15) is 31.2 Å². The Balaban J connectivity index is 0.00000243. The van der Waals surface area contributed by atoms with Crippen molar-refractivity contribution in [1.82, 2.24) is 9.80 Å². The number of carbonyl (C=O) groups excluding carboxylic acids is 2. The number of nitrogens with two attached hydrogens (primary N) is 1. The fourth-order valence-electron chi connectivity index (χ4n) is 3.80. The molecule has 1 aromatic rings. The Labute approximate surface area is 160 Å². The summed E-state index contributed by atoms with van der Waals surface area (Å²) in [7, 11) is 0. The number of hydrogen-bond acceptors (Lipinski definition) is 3. The van der Waals surface area contributed by atoms with Crippen LogP contribution in [0, 0.1) is 11.7 Å². The van der Waals surface area contributed by atoms with Crippen molar-refractivity contribution in [3.8, 4) is 0 Å². The molecule has 1 heterocycles. The molecule has 0 bridgehead atoms. The highest BCUT2D eigenvalue weighted by Crippen LogP contribution is 2.25. The minimum atomic E-state index is -0.349. The molecule has 5 nitrogen and oxygen atoms in total. The van der Waals surface area contributed by atoms with E-state index in [9.17, 15) is 14.0 Å². The summed E-state index contributed by atoms with van der Waals surface area (Å²) in [6, 6.07) is 6.49. The van der Waals surface area contributed by atoms with Crippen LogP contribution >= 0.6 is 12.4 Å². The topological polar surface area (TPSA) is 66.6 Å². The van der Waals surface area contributed by atoms with Gasteiger partial charge in [-0.1, -0.05) is 24.6 Å². The van der Waals surface area contributed by atoms with E-state index >= 15 is 0 Å². The first-order valence-electron chi connectivity index (χ1n) is 9.10. The minimum absolute atomic E-state index is 0. The summed E-state index contributed by atoms with van der Waals surface area (Å²) >= 11 is 0. The van der Waals surface area contributed by atoms with Crippen LogP contribution in [-0.2, 0) is 16.0 Å². The van der Waals surface area contributed by atoms with Crippen LogP contribution in [0.3, 0.4) is 0 Å². The second-order valence-electron chi connectivity index (χ2n) is 7.10. The van der Waals surface area contributed by atoms with Crippen molar-refractivity contribution in [1.29, 1.82) is 0 Å². The van der Waals surface area contributed by atoms with Crippen molar-refractivity contribution in [2.45, 2.75) is 38.1 Å². The molecule has 2 aliphatic rings. The Morgan fingerprint density at radius 2 is 1.73 bits per heavy atom. The largest absolute Gasteiger partial charge is 0.339 e. The van der Waals surface area contributed by atoms with Crippen molar-refractivity contribution in [3.63, 3.8) is 0 Å². The molecular formula is C19H27ClFN3O2. The third-order valence-electron chi connectivity index (χ3n) is 5.31. The molecule has 26 heavy (non-hydrogen) atoms. The van der Waals surface area contributed by atoms with Gasteiger partial charge in [0, 0.05) is 38.1 Å². The molecule has 1 aliphatic heterocycles. The van der Waals surface area contributed by atoms with E-state index in [-0.39, 0.29) is 48.4 Å². The molecule has 1 aliphatic carbocycles. The zero-order valence-electron chi connectivity index (χ0n) is 14.9. The molecule has 1 aromatic carbocycles. The van der Waals surface area contributed by atoms with E-state index < -0.39 is 0 Å². The second kappa shape index (κ2) is 9.33. The van der Waals surface area contributed by atoms with Crippen molar-refractivity contribution in [2.24, 2.45) is 11.7 Å². The zero-order valence-corrected chi connectivity index (χ0v) is 15.7. The maximum Gasteiger partial charge on any atom is 0.227 e. The number of halogens is 2. The van der Waals surface area contributed by atoms with Gasteiger partial charge in [0.05, 0.1) is 6.42 Å². The van der Waals surface area contributed by atoms with Gasteiger partial charge in [0.1, 0.15) is 5.82 Å². The van der Waals surface area contributed by atoms with Gasteiger partial charge in [-0.3, -0.25) is 9.59 Å². The van der Waals surface area contributed by atoms with E-state index in [1.54, 1.807) is 23.1 Å². The standard InChI is InChI=1S/C19H26FN3O2.ClH/c20-17-7-2-1-4-14(17)13-18(24)22-8-10-23(11-9-22)19(25)15-5-3-6-16(21)12-15;/h1-2,4,7,15-16H,3,5-6,8-13,21H2;1H. The molecule has 0 spiro atoms. The Hall–Kier alpha value is -1.66. The van der Waals surface area contributed by atoms with Crippen LogP contribution in [0.2, 0.25) is 0 Å². The van der Waals surface area contributed by atoms with E-state index in [2.05, 4.69) is 0 Å². The first-order chi connectivity index (χ1) is 12.0. The number of nitrogens with zero attached hydrogens (tertiary/aromatic N) is 2. The van der Waals surface area contributed by atoms with E-state index in [0.717, 1.165) is 25.7 Å². The highest BCUT2D eigenvalue weighted by molar-refractivity contribution is 5.85. The fourth-order valence-corrected chi connectivity index (χ4v) is 3.80. The van der Waals surface area contributed by atoms with Crippen LogP contribution in [0.25, 0.3) is 0 Å². The number of piperazine rings is 1. The lowest BCUT2D eigenvalue weighted by Gasteiger charge is -2.37. The van der Waals surface area contributed by atoms with Crippen molar-refractivity contribution >= 4 is 24.2 Å². The molecule has 1 saturated carbocycles. The Kier molecular flexibility index (Phi) is 7.41. The molecule has 7 heteroatoms. The van der Waals surface area contributed by atoms with Gasteiger partial charge in [0.25, 0.3) is 0 Å². The zero-order chi connectivity index (χ0) is 17.8. The highest BCUT2D eigenvalue weighted by atomic mass is 35.5. The fraction of sp³-hybridized carbons (Fsp3) is 0.579. The molecule has 0 aromatic heterocycles. The van der Waals surface area contributed by atoms with Crippen LogP contribution in [0.15, 0.2) is 24.3 Å². The normalized spacial score (nSPS) is 23.3. The van der Waals surface area contributed by atoms with Gasteiger partial charge < -0.3 is 15.5 Å². The van der Waals surface area contributed by atoms with Crippen LogP contribution in [-0.4, -0.2) is 53.8 Å². The van der Waals surface area contributed by atoms with Gasteiger partial charge in [-0.25, -0.2) is 4.39 Å². The molecule has 144 valence electrons. The van der Waals surface area contributed by atoms with Gasteiger partial charge in [-0.15, -0.1) is 12.4 Å². The summed E-state index contributed by atoms with van der Waals surface area (Å²) in [5.41, 5.74) is 6.40. The minimum Gasteiger partial charge on any atom is -0.339 e. The first kappa shape index (κ1) is 20.6. The number of carbonyl (C=O) groups is 2. The lowest BCUT2D eigenvalue weighted by atomic mass is 9.85. The average molecular weight is 384 g/mol. The summed E-state index contributed by atoms with van der Waals surface area (Å²) in [6.45, 7) is 2.12. The monoisotopic (exact) mass is 383 g/mol. The van der Waals surface area contributed by atoms with Crippen LogP contribution in [0.4, 0.5) is 4.39 Å². The summed E-state index contributed by atoms with van der Waals surface area (Å²) in [5, 5.41) is 0. The van der Waals surface area contributed by atoms with E-state index in [1.165, 1.54) is 6.07 Å². The van der Waals surface area contributed by atoms with E-state index in [4.69, 9.17) is 5.73 Å². The summed E-state index contributed by atoms with van der Waals surface area (Å²) in [6.07, 6.45) is 3.77. The molecule has 2 fully saturated rings. The molecular weight excluding hydrogens is 357 g/mol. The summed E-state index contributed by atoms with van der Waals surface area (Å²) < 4.78 is 13.7. The first-order valence-corrected chi connectivity index (χ1v) is 9.10. The molecule has 2 amide bonds.